The Balaban J connectivity index is 1.83. The Bertz CT molecular complexity index is 1590. The number of fused-ring (bicyclic) bond motifs is 1. The van der Waals surface area contributed by atoms with Crippen LogP contribution in [0.25, 0.3) is 22.1 Å². The van der Waals surface area contributed by atoms with E-state index in [9.17, 15) is 19.2 Å². The Morgan fingerprint density at radius 1 is 0.791 bits per heavy atom. The molecule has 0 atom stereocenters. The average Bonchev–Trinajstić information content (AvgIpc) is 2.96. The standard InChI is InChI=1S/C35H38O8/c1-22(2)32(36)40-17-9-7-11-25-19-27(12-8-10-18-41-33(37)23(3)4)29-21-30(35(39)43-31(29)20-25)26-13-15-28(16-14-26)42-34(38)24(5)6/h13-16,19-21H,1,3,5,7-12,17-18H2,2,4,6H3/p+1. The van der Waals surface area contributed by atoms with Crippen molar-refractivity contribution in [2.45, 2.75) is 59.3 Å². The minimum atomic E-state index is -0.524. The van der Waals surface area contributed by atoms with Crippen LogP contribution in [0.3, 0.4) is 0 Å². The van der Waals surface area contributed by atoms with Crippen LogP contribution in [0.2, 0.25) is 0 Å². The van der Waals surface area contributed by atoms with Gasteiger partial charge in [0.2, 0.25) is 0 Å². The van der Waals surface area contributed by atoms with Crippen molar-refractivity contribution in [2.75, 3.05) is 13.2 Å². The molecule has 0 radical (unpaired) electrons. The van der Waals surface area contributed by atoms with E-state index in [1.165, 1.54) is 0 Å². The SMILES string of the molecule is C=C(C)C(=O)OCCCCc1cc(CCCCOC(=[OH+])C(=C)C)cc2oc(=O)c(-c3ccc(OC(=O)C(=C)C)cc3)cc12. The van der Waals surface area contributed by atoms with Crippen molar-refractivity contribution in [1.29, 1.82) is 0 Å². The molecule has 2 aromatic carbocycles. The number of unbranched alkanes of at least 4 members (excludes halogenated alkanes) is 2. The molecule has 0 fully saturated rings. The summed E-state index contributed by atoms with van der Waals surface area (Å²) in [6.45, 7) is 16.3. The number of aryl methyl sites for hydroxylation is 2. The van der Waals surface area contributed by atoms with E-state index in [0.717, 1.165) is 42.2 Å². The summed E-state index contributed by atoms with van der Waals surface area (Å²) in [7, 11) is 0. The molecule has 3 aromatic rings. The Labute approximate surface area is 251 Å². The molecule has 0 bridgehead atoms. The number of carbonyl (C=O) groups is 2. The molecule has 1 heterocycles. The first kappa shape index (κ1) is 32.8. The quantitative estimate of drug-likeness (QED) is 0.0480. The highest BCUT2D eigenvalue weighted by atomic mass is 16.5. The van der Waals surface area contributed by atoms with E-state index in [1.54, 1.807) is 45.0 Å². The number of esters is 3. The van der Waals surface area contributed by atoms with E-state index in [0.29, 0.717) is 59.7 Å². The monoisotopic (exact) mass is 587 g/mol. The van der Waals surface area contributed by atoms with Crippen molar-refractivity contribution in [2.24, 2.45) is 0 Å². The number of benzene rings is 2. The molecule has 0 saturated heterocycles. The van der Waals surface area contributed by atoms with Crippen LogP contribution in [0.4, 0.5) is 0 Å². The van der Waals surface area contributed by atoms with Crippen LogP contribution in [-0.4, -0.2) is 35.9 Å². The third kappa shape index (κ3) is 9.67. The second-order valence-corrected chi connectivity index (χ2v) is 10.6. The van der Waals surface area contributed by atoms with Crippen LogP contribution in [0.5, 0.6) is 5.75 Å². The van der Waals surface area contributed by atoms with Gasteiger partial charge in [0.1, 0.15) is 11.3 Å². The lowest BCUT2D eigenvalue weighted by Gasteiger charge is -2.12. The first-order chi connectivity index (χ1) is 20.5. The highest BCUT2D eigenvalue weighted by Crippen LogP contribution is 2.28. The molecule has 3 rings (SSSR count). The summed E-state index contributed by atoms with van der Waals surface area (Å²) < 4.78 is 21.6. The molecule has 8 heteroatoms. The predicted octanol–water partition coefficient (Wildman–Crippen LogP) is 6.80. The maximum atomic E-state index is 13.1. The molecule has 0 spiro atoms. The summed E-state index contributed by atoms with van der Waals surface area (Å²) in [5.74, 6) is -0.735. The van der Waals surface area contributed by atoms with Crippen molar-refractivity contribution in [3.05, 3.63) is 100 Å². The van der Waals surface area contributed by atoms with Gasteiger partial charge in [0.15, 0.2) is 6.61 Å². The first-order valence-corrected chi connectivity index (χ1v) is 14.2. The summed E-state index contributed by atoms with van der Waals surface area (Å²) in [6.07, 6.45) is 4.35. The lowest BCUT2D eigenvalue weighted by atomic mass is 9.96. The number of ether oxygens (including phenoxy) is 3. The van der Waals surface area contributed by atoms with Gasteiger partial charge in [0.05, 0.1) is 17.7 Å². The lowest BCUT2D eigenvalue weighted by Crippen LogP contribution is -2.08. The van der Waals surface area contributed by atoms with Gasteiger partial charge in [0, 0.05) is 23.0 Å². The van der Waals surface area contributed by atoms with Gasteiger partial charge < -0.3 is 23.4 Å². The van der Waals surface area contributed by atoms with Gasteiger partial charge in [-0.05, 0) is 93.8 Å². The normalized spacial score (nSPS) is 10.7. The summed E-state index contributed by atoms with van der Waals surface area (Å²) >= 11 is 0. The zero-order valence-corrected chi connectivity index (χ0v) is 25.1. The molecular weight excluding hydrogens is 548 g/mol. The fourth-order valence-electron chi connectivity index (χ4n) is 4.23. The summed E-state index contributed by atoms with van der Waals surface area (Å²) in [6, 6.07) is 12.5. The maximum absolute atomic E-state index is 13.1. The van der Waals surface area contributed by atoms with E-state index in [1.807, 2.05) is 12.1 Å². The number of hydrogen-bond acceptors (Lipinski definition) is 7. The van der Waals surface area contributed by atoms with E-state index in [4.69, 9.17) is 18.6 Å². The van der Waals surface area contributed by atoms with Gasteiger partial charge in [0.25, 0.3) is 0 Å². The third-order valence-corrected chi connectivity index (χ3v) is 6.61. The van der Waals surface area contributed by atoms with Crippen LogP contribution in [0.15, 0.2) is 88.1 Å². The molecular formula is C35H39O8+. The number of carbonyl (C=O) groups excluding carboxylic acids is 3. The fraction of sp³-hybridized carbons (Fsp3) is 0.314. The molecule has 0 aliphatic rings. The highest BCUT2D eigenvalue weighted by molar-refractivity contribution is 5.89. The molecule has 43 heavy (non-hydrogen) atoms. The van der Waals surface area contributed by atoms with Crippen molar-refractivity contribution in [1.82, 2.24) is 0 Å². The Morgan fingerprint density at radius 2 is 1.42 bits per heavy atom. The average molecular weight is 588 g/mol. The van der Waals surface area contributed by atoms with Crippen LogP contribution in [0, 0.1) is 0 Å². The largest absolute Gasteiger partial charge is 0.512 e. The van der Waals surface area contributed by atoms with Gasteiger partial charge in [-0.25, -0.2) is 14.4 Å². The van der Waals surface area contributed by atoms with Crippen LogP contribution < -0.4 is 10.4 Å². The second-order valence-electron chi connectivity index (χ2n) is 10.6. The Kier molecular flexibility index (Phi) is 11.8. The second kappa shape index (κ2) is 15.5. The van der Waals surface area contributed by atoms with Crippen LogP contribution >= 0.6 is 0 Å². The van der Waals surface area contributed by atoms with Gasteiger partial charge in [-0.3, -0.25) is 0 Å². The number of rotatable bonds is 15. The summed E-state index contributed by atoms with van der Waals surface area (Å²) in [4.78, 5) is 46.3. The lowest BCUT2D eigenvalue weighted by molar-refractivity contribution is -0.139. The molecule has 0 aliphatic carbocycles. The Morgan fingerprint density at radius 3 is 2.05 bits per heavy atom. The third-order valence-electron chi connectivity index (χ3n) is 6.61. The molecule has 0 aliphatic heterocycles. The van der Waals surface area contributed by atoms with E-state index in [-0.39, 0.29) is 11.5 Å². The molecule has 1 aromatic heterocycles. The van der Waals surface area contributed by atoms with Gasteiger partial charge in [-0.1, -0.05) is 37.9 Å². The fourth-order valence-corrected chi connectivity index (χ4v) is 4.23. The number of hydrogen-bond donors (Lipinski definition) is 0. The maximum Gasteiger partial charge on any atom is 0.512 e. The van der Waals surface area contributed by atoms with Gasteiger partial charge in [-0.2, -0.15) is 0 Å². The van der Waals surface area contributed by atoms with Crippen molar-refractivity contribution in [3.8, 4) is 16.9 Å². The summed E-state index contributed by atoms with van der Waals surface area (Å²) in [5, 5.41) is 0.819. The van der Waals surface area contributed by atoms with E-state index >= 15 is 0 Å². The van der Waals surface area contributed by atoms with Crippen LogP contribution in [-0.2, 0) is 31.9 Å². The van der Waals surface area contributed by atoms with E-state index < -0.39 is 17.6 Å². The predicted molar refractivity (Wildman–Crippen MR) is 168 cm³/mol. The van der Waals surface area contributed by atoms with Crippen molar-refractivity contribution < 1.29 is 33.0 Å². The molecule has 0 amide bonds. The van der Waals surface area contributed by atoms with Crippen LogP contribution in [0.1, 0.15) is 57.6 Å². The molecule has 1 N–H and O–H groups in total. The van der Waals surface area contributed by atoms with Crippen molar-refractivity contribution >= 4 is 28.9 Å². The Hall–Kier alpha value is -4.72. The molecule has 0 saturated carbocycles. The van der Waals surface area contributed by atoms with Crippen molar-refractivity contribution in [3.63, 3.8) is 0 Å². The topological polar surface area (TPSA) is 113 Å². The smallest absolute Gasteiger partial charge is 0.462 e. The van der Waals surface area contributed by atoms with Gasteiger partial charge >= 0.3 is 23.5 Å². The molecule has 226 valence electrons. The van der Waals surface area contributed by atoms with Gasteiger partial charge in [-0.15, -0.1) is 0 Å². The van der Waals surface area contributed by atoms with E-state index in [2.05, 4.69) is 25.8 Å². The minimum Gasteiger partial charge on any atom is -0.462 e. The zero-order valence-electron chi connectivity index (χ0n) is 25.1. The molecule has 0 unspecified atom stereocenters. The molecule has 8 nitrogen and oxygen atoms in total. The summed E-state index contributed by atoms with van der Waals surface area (Å²) in [5.41, 5.74) is 4.19. The minimum absolute atomic E-state index is 0.151. The zero-order chi connectivity index (χ0) is 31.5. The highest BCUT2D eigenvalue weighted by Gasteiger charge is 2.15. The first-order valence-electron chi connectivity index (χ1n) is 14.2.